The molecule has 0 aliphatic carbocycles. The Morgan fingerprint density at radius 2 is 2.14 bits per heavy atom. The maximum atomic E-state index is 4.70. The normalized spacial score (nSPS) is 11.5. The number of hydrogen-bond donors (Lipinski definition) is 0. The summed E-state index contributed by atoms with van der Waals surface area (Å²) < 4.78 is 1.16. The molecule has 0 spiro atoms. The molecular weight excluding hydrogens is 242 g/mol. The Hall–Kier alpha value is -0.830. The summed E-state index contributed by atoms with van der Waals surface area (Å²) >= 11 is 3.51. The maximum Gasteiger partial charge on any atom is 0.106 e. The molecule has 0 fully saturated rings. The van der Waals surface area contributed by atoms with Crippen molar-refractivity contribution in [1.82, 2.24) is 0 Å². The molecule has 0 amide bonds. The van der Waals surface area contributed by atoms with E-state index in [2.05, 4.69) is 33.2 Å². The van der Waals surface area contributed by atoms with Gasteiger partial charge in [0.15, 0.2) is 0 Å². The topological polar surface area (TPSA) is 21.6 Å². The summed E-state index contributed by atoms with van der Waals surface area (Å²) in [5.74, 6) is 0. The third kappa shape index (κ3) is 3.50. The van der Waals surface area contributed by atoms with Crippen LogP contribution in [-0.2, 0) is 11.3 Å². The Balaban J connectivity index is 2.54. The molecule has 0 saturated carbocycles. The highest BCUT2D eigenvalue weighted by Crippen LogP contribution is 2.17. The van der Waals surface area contributed by atoms with E-state index in [0.717, 1.165) is 23.0 Å². The van der Waals surface area contributed by atoms with E-state index in [1.165, 1.54) is 5.56 Å². The molecule has 1 aromatic rings. The summed E-state index contributed by atoms with van der Waals surface area (Å²) in [5.41, 5.74) is 2.32. The predicted molar refractivity (Wildman–Crippen MR) is 62.6 cm³/mol. The van der Waals surface area contributed by atoms with Gasteiger partial charge in [0, 0.05) is 4.47 Å². The standard InChI is InChI=1S/C11H14BrNO/c1-9(13-14-2)7-8-10-5-3-4-6-11(10)12/h3-6H,7-8H2,1-2H3/b13-9+. The summed E-state index contributed by atoms with van der Waals surface area (Å²) in [6.07, 6.45) is 1.91. The fraction of sp³-hybridized carbons (Fsp3) is 0.364. The van der Waals surface area contributed by atoms with Crippen LogP contribution in [0.3, 0.4) is 0 Å². The molecule has 0 aliphatic rings. The molecule has 0 aliphatic heterocycles. The molecule has 0 aromatic heterocycles. The molecule has 0 N–H and O–H groups in total. The van der Waals surface area contributed by atoms with Crippen molar-refractivity contribution in [2.24, 2.45) is 5.16 Å². The molecule has 0 bridgehead atoms. The van der Waals surface area contributed by atoms with Gasteiger partial charge in [-0.15, -0.1) is 0 Å². The maximum absolute atomic E-state index is 4.70. The van der Waals surface area contributed by atoms with E-state index >= 15 is 0 Å². The van der Waals surface area contributed by atoms with Gasteiger partial charge in [-0.05, 0) is 31.4 Å². The van der Waals surface area contributed by atoms with Gasteiger partial charge < -0.3 is 4.84 Å². The van der Waals surface area contributed by atoms with Crippen molar-refractivity contribution in [2.45, 2.75) is 19.8 Å². The van der Waals surface area contributed by atoms with Gasteiger partial charge in [0.1, 0.15) is 7.11 Å². The summed E-state index contributed by atoms with van der Waals surface area (Å²) in [6, 6.07) is 8.23. The van der Waals surface area contributed by atoms with Crippen LogP contribution < -0.4 is 0 Å². The van der Waals surface area contributed by atoms with Gasteiger partial charge in [-0.2, -0.15) is 0 Å². The summed E-state index contributed by atoms with van der Waals surface area (Å²) in [7, 11) is 1.57. The van der Waals surface area contributed by atoms with Gasteiger partial charge in [-0.1, -0.05) is 39.3 Å². The highest BCUT2D eigenvalue weighted by molar-refractivity contribution is 9.10. The Morgan fingerprint density at radius 1 is 1.43 bits per heavy atom. The molecule has 14 heavy (non-hydrogen) atoms. The van der Waals surface area contributed by atoms with E-state index in [1.54, 1.807) is 7.11 Å². The van der Waals surface area contributed by atoms with E-state index in [-0.39, 0.29) is 0 Å². The van der Waals surface area contributed by atoms with Gasteiger partial charge in [0.05, 0.1) is 5.71 Å². The van der Waals surface area contributed by atoms with Gasteiger partial charge in [0.2, 0.25) is 0 Å². The summed E-state index contributed by atoms with van der Waals surface area (Å²) in [5, 5.41) is 3.87. The minimum atomic E-state index is 0.927. The number of benzene rings is 1. The Bertz CT molecular complexity index is 323. The van der Waals surface area contributed by atoms with E-state index in [0.29, 0.717) is 0 Å². The van der Waals surface area contributed by atoms with E-state index in [4.69, 9.17) is 4.84 Å². The molecule has 0 radical (unpaired) electrons. The second kappa shape index (κ2) is 5.81. The zero-order valence-electron chi connectivity index (χ0n) is 8.46. The molecule has 1 aromatic carbocycles. The van der Waals surface area contributed by atoms with Crippen molar-refractivity contribution in [3.63, 3.8) is 0 Å². The van der Waals surface area contributed by atoms with Crippen LogP contribution in [0.2, 0.25) is 0 Å². The van der Waals surface area contributed by atoms with Gasteiger partial charge in [-0.25, -0.2) is 0 Å². The van der Waals surface area contributed by atoms with E-state index in [1.807, 2.05) is 19.1 Å². The largest absolute Gasteiger partial charge is 0.399 e. The van der Waals surface area contributed by atoms with Crippen LogP contribution >= 0.6 is 15.9 Å². The lowest BCUT2D eigenvalue weighted by Gasteiger charge is -2.03. The average Bonchev–Trinajstić information content (AvgIpc) is 2.17. The monoisotopic (exact) mass is 255 g/mol. The number of halogens is 1. The quantitative estimate of drug-likeness (QED) is 0.597. The number of oxime groups is 1. The SMILES string of the molecule is CO/N=C(\C)CCc1ccccc1Br. The first-order valence-corrected chi connectivity index (χ1v) is 5.33. The number of aryl methyl sites for hydroxylation is 1. The van der Waals surface area contributed by atoms with Crippen LogP contribution in [0.15, 0.2) is 33.9 Å². The van der Waals surface area contributed by atoms with Crippen molar-refractivity contribution < 1.29 is 4.84 Å². The fourth-order valence-corrected chi connectivity index (χ4v) is 1.70. The number of rotatable bonds is 4. The highest BCUT2D eigenvalue weighted by atomic mass is 79.9. The third-order valence-electron chi connectivity index (χ3n) is 1.96. The molecule has 0 atom stereocenters. The smallest absolute Gasteiger partial charge is 0.106 e. The highest BCUT2D eigenvalue weighted by Gasteiger charge is 1.99. The predicted octanol–water partition coefficient (Wildman–Crippen LogP) is 3.40. The molecule has 1 rings (SSSR count). The van der Waals surface area contributed by atoms with Crippen LogP contribution in [0.25, 0.3) is 0 Å². The number of nitrogens with zero attached hydrogens (tertiary/aromatic N) is 1. The van der Waals surface area contributed by atoms with Crippen LogP contribution in [0.5, 0.6) is 0 Å². The van der Waals surface area contributed by atoms with Crippen LogP contribution in [-0.4, -0.2) is 12.8 Å². The molecule has 0 saturated heterocycles. The van der Waals surface area contributed by atoms with Crippen molar-refractivity contribution in [2.75, 3.05) is 7.11 Å². The fourth-order valence-electron chi connectivity index (χ4n) is 1.22. The van der Waals surface area contributed by atoms with Crippen molar-refractivity contribution in [3.8, 4) is 0 Å². The zero-order chi connectivity index (χ0) is 10.4. The molecule has 76 valence electrons. The molecule has 0 unspecified atom stereocenters. The van der Waals surface area contributed by atoms with E-state index in [9.17, 15) is 0 Å². The number of hydrogen-bond acceptors (Lipinski definition) is 2. The Kier molecular flexibility index (Phi) is 4.66. The van der Waals surface area contributed by atoms with Crippen LogP contribution in [0, 0.1) is 0 Å². The summed E-state index contributed by atoms with van der Waals surface area (Å²) in [6.45, 7) is 1.97. The summed E-state index contributed by atoms with van der Waals surface area (Å²) in [4.78, 5) is 4.70. The first-order chi connectivity index (χ1) is 6.74. The van der Waals surface area contributed by atoms with Crippen LogP contribution in [0.4, 0.5) is 0 Å². The average molecular weight is 256 g/mol. The molecule has 2 nitrogen and oxygen atoms in total. The first-order valence-electron chi connectivity index (χ1n) is 4.54. The van der Waals surface area contributed by atoms with Crippen LogP contribution in [0.1, 0.15) is 18.9 Å². The van der Waals surface area contributed by atoms with E-state index < -0.39 is 0 Å². The van der Waals surface area contributed by atoms with Gasteiger partial charge >= 0.3 is 0 Å². The molecule has 0 heterocycles. The zero-order valence-corrected chi connectivity index (χ0v) is 10.0. The lowest BCUT2D eigenvalue weighted by molar-refractivity contribution is 0.212. The van der Waals surface area contributed by atoms with Crippen molar-refractivity contribution in [3.05, 3.63) is 34.3 Å². The third-order valence-corrected chi connectivity index (χ3v) is 2.73. The second-order valence-corrected chi connectivity index (χ2v) is 3.95. The van der Waals surface area contributed by atoms with Gasteiger partial charge in [0.25, 0.3) is 0 Å². The van der Waals surface area contributed by atoms with Crippen molar-refractivity contribution in [1.29, 1.82) is 0 Å². The molecule has 3 heteroatoms. The van der Waals surface area contributed by atoms with Gasteiger partial charge in [-0.3, -0.25) is 0 Å². The lowest BCUT2D eigenvalue weighted by Crippen LogP contribution is -1.96. The minimum absolute atomic E-state index is 0.927. The minimum Gasteiger partial charge on any atom is -0.399 e. The first kappa shape index (κ1) is 11.2. The lowest BCUT2D eigenvalue weighted by atomic mass is 10.1. The Morgan fingerprint density at radius 3 is 2.79 bits per heavy atom. The molecular formula is C11H14BrNO. The Labute approximate surface area is 93.1 Å². The second-order valence-electron chi connectivity index (χ2n) is 3.10. The van der Waals surface area contributed by atoms with Crippen molar-refractivity contribution >= 4 is 21.6 Å².